The minimum atomic E-state index is -3.49. The lowest BCUT2D eigenvalue weighted by atomic mass is 10.1. The van der Waals surface area contributed by atoms with Gasteiger partial charge >= 0.3 is 0 Å². The van der Waals surface area contributed by atoms with Crippen molar-refractivity contribution in [3.05, 3.63) is 30.0 Å². The molecule has 6 heteroatoms. The van der Waals surface area contributed by atoms with E-state index in [9.17, 15) is 8.42 Å². The summed E-state index contributed by atoms with van der Waals surface area (Å²) in [5, 5.41) is 3.13. The molecule has 1 aromatic heterocycles. The Kier molecular flexibility index (Phi) is 3.42. The van der Waals surface area contributed by atoms with Gasteiger partial charge in [0.25, 0.3) is 10.0 Å². The Balaban J connectivity index is 1.97. The van der Waals surface area contributed by atoms with Crippen LogP contribution in [0.25, 0.3) is 0 Å². The fourth-order valence-electron chi connectivity index (χ4n) is 1.51. The van der Waals surface area contributed by atoms with E-state index in [1.807, 2.05) is 6.08 Å². The summed E-state index contributed by atoms with van der Waals surface area (Å²) >= 11 is 0. The first-order valence-electron chi connectivity index (χ1n) is 5.10. The first-order valence-corrected chi connectivity index (χ1v) is 6.58. The van der Waals surface area contributed by atoms with E-state index < -0.39 is 10.0 Å². The largest absolute Gasteiger partial charge is 0.452 e. The molecule has 0 aromatic carbocycles. The summed E-state index contributed by atoms with van der Waals surface area (Å²) < 4.78 is 30.7. The predicted octanol–water partition coefficient (Wildman–Crippen LogP) is 0.478. The van der Waals surface area contributed by atoms with E-state index in [-0.39, 0.29) is 5.09 Å². The van der Waals surface area contributed by atoms with Crippen molar-refractivity contribution < 1.29 is 12.8 Å². The molecule has 0 unspecified atom stereocenters. The third kappa shape index (κ3) is 2.72. The molecule has 0 bridgehead atoms. The summed E-state index contributed by atoms with van der Waals surface area (Å²) in [5.41, 5.74) is 1.11. The number of hydrogen-bond acceptors (Lipinski definition) is 4. The first-order chi connectivity index (χ1) is 7.68. The van der Waals surface area contributed by atoms with Gasteiger partial charge in [0, 0.05) is 13.1 Å². The van der Waals surface area contributed by atoms with Crippen LogP contribution in [0.4, 0.5) is 0 Å². The van der Waals surface area contributed by atoms with Gasteiger partial charge in [0.1, 0.15) is 0 Å². The molecule has 1 aromatic rings. The molecule has 0 aliphatic carbocycles. The lowest BCUT2D eigenvalue weighted by molar-refractivity contribution is 0.446. The lowest BCUT2D eigenvalue weighted by Gasteiger charge is -2.14. The molecule has 0 saturated heterocycles. The summed E-state index contributed by atoms with van der Waals surface area (Å²) in [6, 6.07) is 2.98. The second kappa shape index (κ2) is 4.82. The molecule has 2 N–H and O–H groups in total. The number of rotatable bonds is 4. The van der Waals surface area contributed by atoms with Gasteiger partial charge in [0.15, 0.2) is 0 Å². The van der Waals surface area contributed by atoms with Crippen LogP contribution in [-0.4, -0.2) is 28.1 Å². The molecule has 0 fully saturated rings. The van der Waals surface area contributed by atoms with E-state index in [1.165, 1.54) is 12.3 Å². The normalized spacial score (nSPS) is 17.1. The average molecular weight is 242 g/mol. The van der Waals surface area contributed by atoms with Crippen molar-refractivity contribution in [1.82, 2.24) is 10.0 Å². The van der Waals surface area contributed by atoms with E-state index in [1.54, 1.807) is 6.07 Å². The molecule has 2 rings (SSSR count). The molecule has 16 heavy (non-hydrogen) atoms. The highest BCUT2D eigenvalue weighted by atomic mass is 32.2. The number of hydrogen-bond donors (Lipinski definition) is 2. The molecule has 0 saturated carbocycles. The van der Waals surface area contributed by atoms with E-state index in [0.29, 0.717) is 6.54 Å². The maximum atomic E-state index is 11.7. The number of furan rings is 1. The second-order valence-corrected chi connectivity index (χ2v) is 5.27. The smallest absolute Gasteiger partial charge is 0.274 e. The van der Waals surface area contributed by atoms with Gasteiger partial charge in [0.2, 0.25) is 5.09 Å². The van der Waals surface area contributed by atoms with Crippen LogP contribution in [0, 0.1) is 0 Å². The Morgan fingerprint density at radius 1 is 1.50 bits per heavy atom. The van der Waals surface area contributed by atoms with Crippen molar-refractivity contribution in [3.63, 3.8) is 0 Å². The van der Waals surface area contributed by atoms with E-state index in [0.717, 1.165) is 25.1 Å². The van der Waals surface area contributed by atoms with Crippen LogP contribution >= 0.6 is 0 Å². The second-order valence-electron chi connectivity index (χ2n) is 3.57. The maximum absolute atomic E-state index is 11.7. The SMILES string of the molecule is O=S(=O)(NCC1=CCNCC1)c1ccco1. The Hall–Kier alpha value is -1.11. The average Bonchev–Trinajstić information content (AvgIpc) is 2.82. The number of nitrogens with one attached hydrogen (secondary N) is 2. The van der Waals surface area contributed by atoms with Gasteiger partial charge in [-0.2, -0.15) is 0 Å². The minimum Gasteiger partial charge on any atom is -0.452 e. The lowest BCUT2D eigenvalue weighted by Crippen LogP contribution is -2.29. The quantitative estimate of drug-likeness (QED) is 0.753. The summed E-state index contributed by atoms with van der Waals surface area (Å²) in [6.07, 6.45) is 4.23. The third-order valence-electron chi connectivity index (χ3n) is 2.41. The highest BCUT2D eigenvalue weighted by molar-refractivity contribution is 7.89. The molecule has 0 spiro atoms. The molecule has 0 radical (unpaired) electrons. The Bertz CT molecular complexity index is 462. The van der Waals surface area contributed by atoms with E-state index in [2.05, 4.69) is 10.0 Å². The maximum Gasteiger partial charge on any atom is 0.274 e. The van der Waals surface area contributed by atoms with E-state index in [4.69, 9.17) is 4.42 Å². The monoisotopic (exact) mass is 242 g/mol. The highest BCUT2D eigenvalue weighted by Crippen LogP contribution is 2.10. The zero-order valence-corrected chi connectivity index (χ0v) is 9.59. The summed E-state index contributed by atoms with van der Waals surface area (Å²) in [7, 11) is -3.49. The van der Waals surface area contributed by atoms with Crippen molar-refractivity contribution in [2.75, 3.05) is 19.6 Å². The fraction of sp³-hybridized carbons (Fsp3) is 0.400. The van der Waals surface area contributed by atoms with Crippen molar-refractivity contribution in [1.29, 1.82) is 0 Å². The van der Waals surface area contributed by atoms with Crippen LogP contribution in [0.2, 0.25) is 0 Å². The van der Waals surface area contributed by atoms with Crippen LogP contribution in [0.5, 0.6) is 0 Å². The molecule has 1 aliphatic rings. The molecule has 0 amide bonds. The van der Waals surface area contributed by atoms with Gasteiger partial charge in [-0.15, -0.1) is 0 Å². The van der Waals surface area contributed by atoms with Crippen molar-refractivity contribution in [3.8, 4) is 0 Å². The van der Waals surface area contributed by atoms with Crippen molar-refractivity contribution >= 4 is 10.0 Å². The van der Waals surface area contributed by atoms with Crippen LogP contribution in [0.3, 0.4) is 0 Å². The third-order valence-corrected chi connectivity index (χ3v) is 3.69. The summed E-state index contributed by atoms with van der Waals surface area (Å²) in [4.78, 5) is 0. The van der Waals surface area contributed by atoms with Crippen LogP contribution in [0.15, 0.2) is 39.6 Å². The minimum absolute atomic E-state index is 0.0398. The fourth-order valence-corrected chi connectivity index (χ4v) is 2.46. The van der Waals surface area contributed by atoms with E-state index >= 15 is 0 Å². The van der Waals surface area contributed by atoms with Crippen molar-refractivity contribution in [2.45, 2.75) is 11.5 Å². The molecule has 5 nitrogen and oxygen atoms in total. The van der Waals surface area contributed by atoms with Crippen LogP contribution in [-0.2, 0) is 10.0 Å². The zero-order chi connectivity index (χ0) is 11.4. The van der Waals surface area contributed by atoms with Gasteiger partial charge in [-0.3, -0.25) is 0 Å². The van der Waals surface area contributed by atoms with Gasteiger partial charge in [-0.05, 0) is 25.1 Å². The Morgan fingerprint density at radius 2 is 2.38 bits per heavy atom. The molecule has 88 valence electrons. The standard InChI is InChI=1S/C10H14N2O3S/c13-16(14,10-2-1-7-15-10)12-8-9-3-5-11-6-4-9/h1-3,7,11-12H,4-6,8H2. The molecular formula is C10H14N2O3S. The molecule has 0 atom stereocenters. The summed E-state index contributed by atoms with van der Waals surface area (Å²) in [5.74, 6) is 0. The van der Waals surface area contributed by atoms with Crippen LogP contribution in [0.1, 0.15) is 6.42 Å². The molecular weight excluding hydrogens is 228 g/mol. The summed E-state index contributed by atoms with van der Waals surface area (Å²) in [6.45, 7) is 2.05. The Morgan fingerprint density at radius 3 is 3.00 bits per heavy atom. The van der Waals surface area contributed by atoms with Crippen molar-refractivity contribution in [2.24, 2.45) is 0 Å². The van der Waals surface area contributed by atoms with Gasteiger partial charge in [-0.1, -0.05) is 11.6 Å². The zero-order valence-electron chi connectivity index (χ0n) is 8.77. The topological polar surface area (TPSA) is 71.3 Å². The first kappa shape index (κ1) is 11.4. The highest BCUT2D eigenvalue weighted by Gasteiger charge is 2.17. The van der Waals surface area contributed by atoms with Gasteiger partial charge < -0.3 is 9.73 Å². The molecule has 2 heterocycles. The Labute approximate surface area is 94.6 Å². The van der Waals surface area contributed by atoms with Gasteiger partial charge in [0.05, 0.1) is 6.26 Å². The molecule has 1 aliphatic heterocycles. The number of sulfonamides is 1. The van der Waals surface area contributed by atoms with Gasteiger partial charge in [-0.25, -0.2) is 13.1 Å². The predicted molar refractivity (Wildman–Crippen MR) is 59.5 cm³/mol. The van der Waals surface area contributed by atoms with Crippen LogP contribution < -0.4 is 10.0 Å².